The van der Waals surface area contributed by atoms with E-state index in [0.29, 0.717) is 6.54 Å². The molecule has 0 saturated heterocycles. The van der Waals surface area contributed by atoms with Crippen molar-refractivity contribution >= 4 is 21.9 Å². The molecule has 1 aromatic carbocycles. The summed E-state index contributed by atoms with van der Waals surface area (Å²) in [6, 6.07) is 5.17. The van der Waals surface area contributed by atoms with E-state index < -0.39 is 5.97 Å². The van der Waals surface area contributed by atoms with Gasteiger partial charge in [-0.05, 0) is 30.7 Å². The van der Waals surface area contributed by atoms with E-state index in [1.165, 1.54) is 0 Å². The minimum absolute atomic E-state index is 0.284. The van der Waals surface area contributed by atoms with Crippen molar-refractivity contribution in [1.29, 1.82) is 0 Å². The van der Waals surface area contributed by atoms with Gasteiger partial charge in [0.25, 0.3) is 0 Å². The van der Waals surface area contributed by atoms with Gasteiger partial charge >= 0.3 is 5.97 Å². The van der Waals surface area contributed by atoms with Crippen LogP contribution in [0.2, 0.25) is 0 Å². The fraction of sp³-hybridized carbons (Fsp3) is 0.167. The highest BCUT2D eigenvalue weighted by Crippen LogP contribution is 2.17. The molecule has 1 heterocycles. The van der Waals surface area contributed by atoms with Gasteiger partial charge in [0.2, 0.25) is 0 Å². The molecule has 17 heavy (non-hydrogen) atoms. The van der Waals surface area contributed by atoms with Gasteiger partial charge in [-0.3, -0.25) is 0 Å². The molecule has 1 N–H and O–H groups in total. The summed E-state index contributed by atoms with van der Waals surface area (Å²) in [4.78, 5) is 15.1. The molecule has 0 aliphatic carbocycles. The Labute approximate surface area is 107 Å². The van der Waals surface area contributed by atoms with Crippen molar-refractivity contribution in [2.75, 3.05) is 0 Å². The number of aryl methyl sites for hydroxylation is 1. The number of aromatic carboxylic acids is 1. The number of halogens is 1. The first-order chi connectivity index (χ1) is 8.06. The third-order valence-electron chi connectivity index (χ3n) is 2.48. The lowest BCUT2D eigenvalue weighted by atomic mass is 10.1. The number of carbonyl (C=O) groups is 1. The summed E-state index contributed by atoms with van der Waals surface area (Å²) >= 11 is 3.32. The highest BCUT2D eigenvalue weighted by molar-refractivity contribution is 9.10. The van der Waals surface area contributed by atoms with Crippen LogP contribution in [0, 0.1) is 6.92 Å². The molecule has 0 bridgehead atoms. The van der Waals surface area contributed by atoms with Crippen molar-refractivity contribution < 1.29 is 9.90 Å². The largest absolute Gasteiger partial charge is 0.478 e. The van der Waals surface area contributed by atoms with Crippen LogP contribution in [-0.2, 0) is 6.54 Å². The average Bonchev–Trinajstić information content (AvgIpc) is 2.63. The van der Waals surface area contributed by atoms with Gasteiger partial charge in [0.1, 0.15) is 5.82 Å². The van der Waals surface area contributed by atoms with E-state index in [1.807, 2.05) is 23.8 Å². The summed E-state index contributed by atoms with van der Waals surface area (Å²) in [6.45, 7) is 2.53. The van der Waals surface area contributed by atoms with E-state index >= 15 is 0 Å². The number of nitrogens with zero attached hydrogens (tertiary/aromatic N) is 2. The molecule has 0 unspecified atom stereocenters. The summed E-state index contributed by atoms with van der Waals surface area (Å²) < 4.78 is 2.73. The molecule has 0 fully saturated rings. The monoisotopic (exact) mass is 294 g/mol. The van der Waals surface area contributed by atoms with Crippen LogP contribution in [-0.4, -0.2) is 20.6 Å². The Morgan fingerprint density at radius 2 is 2.24 bits per heavy atom. The van der Waals surface area contributed by atoms with Crippen LogP contribution in [0.4, 0.5) is 0 Å². The number of benzene rings is 1. The Kier molecular flexibility index (Phi) is 3.28. The standard InChI is InChI=1S/C12H11BrN2O2/c1-8-14-2-3-15(8)7-9-4-10(12(16)17)6-11(13)5-9/h2-6H,7H2,1H3,(H,16,17). The second-order valence-electron chi connectivity index (χ2n) is 3.76. The maximum atomic E-state index is 10.9. The number of aromatic nitrogens is 2. The highest BCUT2D eigenvalue weighted by atomic mass is 79.9. The van der Waals surface area contributed by atoms with Gasteiger partial charge in [-0.2, -0.15) is 0 Å². The summed E-state index contributed by atoms with van der Waals surface area (Å²) in [5.74, 6) is -0.0169. The quantitative estimate of drug-likeness (QED) is 0.947. The first kappa shape index (κ1) is 11.9. The van der Waals surface area contributed by atoms with Gasteiger partial charge in [0.05, 0.1) is 5.56 Å². The first-order valence-corrected chi connectivity index (χ1v) is 5.86. The smallest absolute Gasteiger partial charge is 0.335 e. The van der Waals surface area contributed by atoms with Crippen LogP contribution in [0.15, 0.2) is 35.1 Å². The average molecular weight is 295 g/mol. The first-order valence-electron chi connectivity index (χ1n) is 5.07. The maximum absolute atomic E-state index is 10.9. The molecule has 4 nitrogen and oxygen atoms in total. The lowest BCUT2D eigenvalue weighted by Crippen LogP contribution is -2.03. The van der Waals surface area contributed by atoms with Crippen molar-refractivity contribution in [2.45, 2.75) is 13.5 Å². The zero-order valence-electron chi connectivity index (χ0n) is 9.22. The molecular weight excluding hydrogens is 284 g/mol. The zero-order chi connectivity index (χ0) is 12.4. The molecule has 1 aromatic heterocycles. The number of rotatable bonds is 3. The number of hydrogen-bond donors (Lipinski definition) is 1. The van der Waals surface area contributed by atoms with Crippen LogP contribution in [0.3, 0.4) is 0 Å². The molecule has 0 aliphatic rings. The number of carboxylic acid groups (broad SMARTS) is 1. The van der Waals surface area contributed by atoms with E-state index in [2.05, 4.69) is 20.9 Å². The van der Waals surface area contributed by atoms with Gasteiger partial charge in [-0.15, -0.1) is 0 Å². The van der Waals surface area contributed by atoms with Crippen molar-refractivity contribution in [1.82, 2.24) is 9.55 Å². The Morgan fingerprint density at radius 1 is 1.47 bits per heavy atom. The summed E-state index contributed by atoms with van der Waals surface area (Å²) in [6.07, 6.45) is 3.60. The number of hydrogen-bond acceptors (Lipinski definition) is 2. The van der Waals surface area contributed by atoms with Gasteiger partial charge < -0.3 is 9.67 Å². The molecule has 0 amide bonds. The fourth-order valence-electron chi connectivity index (χ4n) is 1.63. The van der Waals surface area contributed by atoms with E-state index in [-0.39, 0.29) is 5.56 Å². The van der Waals surface area contributed by atoms with Crippen LogP contribution in [0.25, 0.3) is 0 Å². The molecule has 2 rings (SSSR count). The molecule has 0 saturated carbocycles. The molecule has 88 valence electrons. The Bertz CT molecular complexity index is 563. The summed E-state index contributed by atoms with van der Waals surface area (Å²) in [7, 11) is 0. The van der Waals surface area contributed by atoms with E-state index in [0.717, 1.165) is 15.9 Å². The van der Waals surface area contributed by atoms with Crippen LogP contribution < -0.4 is 0 Å². The normalized spacial score (nSPS) is 10.5. The second kappa shape index (κ2) is 4.71. The van der Waals surface area contributed by atoms with Crippen molar-refractivity contribution in [2.24, 2.45) is 0 Å². The SMILES string of the molecule is Cc1nccn1Cc1cc(Br)cc(C(=O)O)c1. The molecule has 0 atom stereocenters. The van der Waals surface area contributed by atoms with Crippen LogP contribution >= 0.6 is 15.9 Å². The molecular formula is C12H11BrN2O2. The third-order valence-corrected chi connectivity index (χ3v) is 2.94. The van der Waals surface area contributed by atoms with Crippen molar-refractivity contribution in [3.05, 3.63) is 52.0 Å². The van der Waals surface area contributed by atoms with E-state index in [9.17, 15) is 4.79 Å². The van der Waals surface area contributed by atoms with Crippen molar-refractivity contribution in [3.63, 3.8) is 0 Å². The molecule has 0 radical (unpaired) electrons. The molecule has 0 spiro atoms. The number of carboxylic acids is 1. The Balaban J connectivity index is 2.33. The third kappa shape index (κ3) is 2.74. The summed E-state index contributed by atoms with van der Waals surface area (Å²) in [5.41, 5.74) is 1.21. The van der Waals surface area contributed by atoms with Crippen molar-refractivity contribution in [3.8, 4) is 0 Å². The topological polar surface area (TPSA) is 55.1 Å². The van der Waals surface area contributed by atoms with E-state index in [4.69, 9.17) is 5.11 Å². The van der Waals surface area contributed by atoms with Gasteiger partial charge in [-0.25, -0.2) is 9.78 Å². The zero-order valence-corrected chi connectivity index (χ0v) is 10.8. The fourth-order valence-corrected chi connectivity index (χ4v) is 2.17. The predicted molar refractivity (Wildman–Crippen MR) is 67.2 cm³/mol. The minimum Gasteiger partial charge on any atom is -0.478 e. The number of imidazole rings is 1. The van der Waals surface area contributed by atoms with Crippen LogP contribution in [0.5, 0.6) is 0 Å². The molecule has 5 heteroatoms. The Hall–Kier alpha value is -1.62. The van der Waals surface area contributed by atoms with Crippen LogP contribution in [0.1, 0.15) is 21.7 Å². The lowest BCUT2D eigenvalue weighted by Gasteiger charge is -2.07. The lowest BCUT2D eigenvalue weighted by molar-refractivity contribution is 0.0696. The second-order valence-corrected chi connectivity index (χ2v) is 4.67. The minimum atomic E-state index is -0.921. The maximum Gasteiger partial charge on any atom is 0.335 e. The predicted octanol–water partition coefficient (Wildman–Crippen LogP) is 2.70. The Morgan fingerprint density at radius 3 is 2.82 bits per heavy atom. The van der Waals surface area contributed by atoms with Gasteiger partial charge in [0, 0.05) is 23.4 Å². The van der Waals surface area contributed by atoms with Gasteiger partial charge in [0.15, 0.2) is 0 Å². The van der Waals surface area contributed by atoms with Gasteiger partial charge in [-0.1, -0.05) is 15.9 Å². The highest BCUT2D eigenvalue weighted by Gasteiger charge is 2.07. The molecule has 0 aliphatic heterocycles. The molecule has 2 aromatic rings. The summed E-state index contributed by atoms with van der Waals surface area (Å²) in [5, 5.41) is 8.97. The van der Waals surface area contributed by atoms with E-state index in [1.54, 1.807) is 18.3 Å².